The van der Waals surface area contributed by atoms with Gasteiger partial charge in [-0.05, 0) is 48.0 Å². The van der Waals surface area contributed by atoms with E-state index in [0.717, 1.165) is 12.1 Å². The van der Waals surface area contributed by atoms with Crippen LogP contribution in [0.15, 0.2) is 66.7 Å². The van der Waals surface area contributed by atoms with E-state index in [4.69, 9.17) is 0 Å². The average Bonchev–Trinajstić information content (AvgIpc) is 2.54. The zero-order chi connectivity index (χ0) is 15.5. The molecule has 2 heteroatoms. The molecule has 0 bridgehead atoms. The van der Waals surface area contributed by atoms with Crippen molar-refractivity contribution in [3.05, 3.63) is 77.9 Å². The summed E-state index contributed by atoms with van der Waals surface area (Å²) < 4.78 is 0. The van der Waals surface area contributed by atoms with Crippen molar-refractivity contribution in [1.29, 1.82) is 0 Å². The van der Waals surface area contributed by atoms with Crippen LogP contribution in [0.3, 0.4) is 0 Å². The molecule has 0 fully saturated rings. The molecule has 3 aromatic rings. The van der Waals surface area contributed by atoms with Gasteiger partial charge in [-0.2, -0.15) is 0 Å². The first-order valence-electron chi connectivity index (χ1n) is 7.61. The average molecular weight is 291 g/mol. The van der Waals surface area contributed by atoms with Crippen LogP contribution in [0, 0.1) is 0 Å². The third-order valence-corrected chi connectivity index (χ3v) is 4.31. The fourth-order valence-corrected chi connectivity index (χ4v) is 2.88. The fraction of sp³-hybridized carbons (Fsp3) is 0.200. The second-order valence-corrected chi connectivity index (χ2v) is 5.82. The van der Waals surface area contributed by atoms with Gasteiger partial charge in [0.1, 0.15) is 5.75 Å². The van der Waals surface area contributed by atoms with Crippen molar-refractivity contribution in [2.75, 3.05) is 7.05 Å². The molecule has 0 amide bonds. The number of hydrogen-bond donors (Lipinski definition) is 1. The smallest absolute Gasteiger partial charge is 0.115 e. The van der Waals surface area contributed by atoms with Crippen LogP contribution >= 0.6 is 0 Å². The van der Waals surface area contributed by atoms with Gasteiger partial charge in [0.2, 0.25) is 0 Å². The number of benzene rings is 3. The number of nitrogens with zero attached hydrogens (tertiary/aromatic N) is 1. The Bertz CT molecular complexity index is 776. The lowest BCUT2D eigenvalue weighted by Crippen LogP contribution is -2.22. The molecule has 3 rings (SSSR count). The number of rotatable bonds is 4. The largest absolute Gasteiger partial charge is 0.508 e. The van der Waals surface area contributed by atoms with Crippen LogP contribution < -0.4 is 0 Å². The van der Waals surface area contributed by atoms with E-state index < -0.39 is 0 Å². The maximum atomic E-state index is 9.66. The second kappa shape index (κ2) is 6.20. The molecule has 0 saturated heterocycles. The Balaban J connectivity index is 1.85. The van der Waals surface area contributed by atoms with Crippen molar-refractivity contribution in [3.63, 3.8) is 0 Å². The van der Waals surface area contributed by atoms with Crippen molar-refractivity contribution in [2.45, 2.75) is 19.5 Å². The van der Waals surface area contributed by atoms with Gasteiger partial charge >= 0.3 is 0 Å². The predicted molar refractivity (Wildman–Crippen MR) is 91.9 cm³/mol. The first-order valence-corrected chi connectivity index (χ1v) is 7.61. The van der Waals surface area contributed by atoms with Gasteiger partial charge < -0.3 is 5.11 Å². The minimum atomic E-state index is 0.242. The Morgan fingerprint density at radius 1 is 0.955 bits per heavy atom. The number of aromatic hydroxyl groups is 1. The van der Waals surface area contributed by atoms with Gasteiger partial charge in [-0.1, -0.05) is 54.6 Å². The van der Waals surface area contributed by atoms with Crippen LogP contribution in [0.4, 0.5) is 0 Å². The summed E-state index contributed by atoms with van der Waals surface area (Å²) in [5.41, 5.74) is 2.45. The molecule has 1 atom stereocenters. The molecule has 1 N–H and O–H groups in total. The van der Waals surface area contributed by atoms with Gasteiger partial charge in [0, 0.05) is 12.6 Å². The van der Waals surface area contributed by atoms with E-state index in [1.54, 1.807) is 6.07 Å². The lowest BCUT2D eigenvalue weighted by molar-refractivity contribution is 0.253. The molecule has 0 radical (unpaired) electrons. The molecule has 112 valence electrons. The highest BCUT2D eigenvalue weighted by Crippen LogP contribution is 2.26. The first-order chi connectivity index (χ1) is 10.6. The highest BCUT2D eigenvalue weighted by molar-refractivity contribution is 5.85. The normalized spacial score (nSPS) is 12.7. The molecule has 0 saturated carbocycles. The quantitative estimate of drug-likeness (QED) is 0.750. The molecule has 1 unspecified atom stereocenters. The highest BCUT2D eigenvalue weighted by Gasteiger charge is 2.13. The maximum absolute atomic E-state index is 9.66. The standard InChI is InChI=1S/C20H21NO/c1-15(17-9-6-11-19(22)13-17)21(2)14-18-10-5-8-16-7-3-4-12-20(16)18/h3-13,15,22H,14H2,1-2H3. The fourth-order valence-electron chi connectivity index (χ4n) is 2.88. The molecule has 0 aliphatic carbocycles. The lowest BCUT2D eigenvalue weighted by atomic mass is 10.0. The molecule has 0 spiro atoms. The van der Waals surface area contributed by atoms with E-state index in [1.165, 1.54) is 16.3 Å². The van der Waals surface area contributed by atoms with Gasteiger partial charge in [-0.25, -0.2) is 0 Å². The number of phenolic OH excluding ortho intramolecular Hbond substituents is 1. The molecule has 22 heavy (non-hydrogen) atoms. The van der Waals surface area contributed by atoms with Crippen LogP contribution in [0.1, 0.15) is 24.1 Å². The first kappa shape index (κ1) is 14.6. The van der Waals surface area contributed by atoms with Crippen molar-refractivity contribution in [3.8, 4) is 5.75 Å². The van der Waals surface area contributed by atoms with Crippen LogP contribution in [0.5, 0.6) is 5.75 Å². The van der Waals surface area contributed by atoms with Gasteiger partial charge in [-0.3, -0.25) is 4.90 Å². The third kappa shape index (κ3) is 2.97. The van der Waals surface area contributed by atoms with Crippen LogP contribution in [-0.4, -0.2) is 17.1 Å². The molecular formula is C20H21NO. The second-order valence-electron chi connectivity index (χ2n) is 5.82. The maximum Gasteiger partial charge on any atom is 0.115 e. The summed E-state index contributed by atoms with van der Waals surface area (Å²) in [6.07, 6.45) is 0. The Hall–Kier alpha value is -2.32. The zero-order valence-corrected chi connectivity index (χ0v) is 13.0. The molecule has 0 aliphatic rings. The Morgan fingerprint density at radius 2 is 1.68 bits per heavy atom. The highest BCUT2D eigenvalue weighted by atomic mass is 16.3. The minimum Gasteiger partial charge on any atom is -0.508 e. The Kier molecular flexibility index (Phi) is 4.12. The summed E-state index contributed by atoms with van der Waals surface area (Å²) in [6.45, 7) is 3.04. The van der Waals surface area contributed by atoms with Crippen molar-refractivity contribution in [2.24, 2.45) is 0 Å². The molecule has 2 nitrogen and oxygen atoms in total. The van der Waals surface area contributed by atoms with E-state index in [0.29, 0.717) is 5.75 Å². The monoisotopic (exact) mass is 291 g/mol. The molecular weight excluding hydrogens is 270 g/mol. The molecule has 0 aliphatic heterocycles. The Labute approximate surface area is 131 Å². The third-order valence-electron chi connectivity index (χ3n) is 4.31. The molecule has 0 aromatic heterocycles. The minimum absolute atomic E-state index is 0.242. The van der Waals surface area contributed by atoms with E-state index in [2.05, 4.69) is 67.4 Å². The topological polar surface area (TPSA) is 23.5 Å². The van der Waals surface area contributed by atoms with Gasteiger partial charge in [0.05, 0.1) is 0 Å². The van der Waals surface area contributed by atoms with Crippen molar-refractivity contribution >= 4 is 10.8 Å². The van der Waals surface area contributed by atoms with Crippen LogP contribution in [0.25, 0.3) is 10.8 Å². The predicted octanol–water partition coefficient (Wildman–Crippen LogP) is 4.74. The van der Waals surface area contributed by atoms with E-state index in [9.17, 15) is 5.11 Å². The summed E-state index contributed by atoms with van der Waals surface area (Å²) in [6, 6.07) is 22.7. The summed E-state index contributed by atoms with van der Waals surface area (Å²) in [7, 11) is 2.12. The summed E-state index contributed by atoms with van der Waals surface area (Å²) in [5, 5.41) is 12.2. The van der Waals surface area contributed by atoms with Crippen LogP contribution in [-0.2, 0) is 6.54 Å². The summed E-state index contributed by atoms with van der Waals surface area (Å²) >= 11 is 0. The van der Waals surface area contributed by atoms with Gasteiger partial charge in [0.25, 0.3) is 0 Å². The summed E-state index contributed by atoms with van der Waals surface area (Å²) in [4.78, 5) is 2.30. The zero-order valence-electron chi connectivity index (χ0n) is 13.0. The van der Waals surface area contributed by atoms with Crippen molar-refractivity contribution in [1.82, 2.24) is 4.90 Å². The van der Waals surface area contributed by atoms with E-state index in [1.807, 2.05) is 12.1 Å². The molecule has 3 aromatic carbocycles. The van der Waals surface area contributed by atoms with E-state index in [-0.39, 0.29) is 6.04 Å². The lowest BCUT2D eigenvalue weighted by Gasteiger charge is -2.26. The SMILES string of the molecule is CC(c1cccc(O)c1)N(C)Cc1cccc2ccccc12. The number of hydrogen-bond acceptors (Lipinski definition) is 2. The number of fused-ring (bicyclic) bond motifs is 1. The Morgan fingerprint density at radius 3 is 2.50 bits per heavy atom. The van der Waals surface area contributed by atoms with Gasteiger partial charge in [-0.15, -0.1) is 0 Å². The molecule has 0 heterocycles. The van der Waals surface area contributed by atoms with Gasteiger partial charge in [0.15, 0.2) is 0 Å². The van der Waals surface area contributed by atoms with Crippen LogP contribution in [0.2, 0.25) is 0 Å². The van der Waals surface area contributed by atoms with Crippen molar-refractivity contribution < 1.29 is 5.11 Å². The van der Waals surface area contributed by atoms with E-state index >= 15 is 0 Å². The number of phenols is 1. The summed E-state index contributed by atoms with van der Waals surface area (Å²) in [5.74, 6) is 0.322.